The van der Waals surface area contributed by atoms with Crippen molar-refractivity contribution in [1.29, 1.82) is 0 Å². The third-order valence-electron chi connectivity index (χ3n) is 3.50. The van der Waals surface area contributed by atoms with E-state index in [0.717, 1.165) is 12.2 Å². The molecule has 0 spiro atoms. The third kappa shape index (κ3) is 2.83. The Labute approximate surface area is 119 Å². The molecule has 0 N–H and O–H groups in total. The van der Waals surface area contributed by atoms with Gasteiger partial charge in [-0.15, -0.1) is 0 Å². The lowest BCUT2D eigenvalue weighted by Gasteiger charge is -2.05. The molecule has 0 amide bonds. The van der Waals surface area contributed by atoms with Crippen LogP contribution >= 0.6 is 0 Å². The lowest BCUT2D eigenvalue weighted by molar-refractivity contribution is 0.414. The average Bonchev–Trinajstić information content (AvgIpc) is 2.53. The van der Waals surface area contributed by atoms with Crippen molar-refractivity contribution in [3.8, 4) is 5.75 Å². The highest BCUT2D eigenvalue weighted by Crippen LogP contribution is 2.18. The van der Waals surface area contributed by atoms with E-state index in [1.807, 2.05) is 12.1 Å². The van der Waals surface area contributed by atoms with Crippen molar-refractivity contribution in [2.24, 2.45) is 0 Å². The highest BCUT2D eigenvalue weighted by molar-refractivity contribution is 5.83. The molecule has 0 aromatic heterocycles. The number of hydrogen-bond acceptors (Lipinski definition) is 1. The lowest BCUT2D eigenvalue weighted by Crippen LogP contribution is -1.89. The Morgan fingerprint density at radius 3 is 2.35 bits per heavy atom. The minimum atomic E-state index is 0.896. The maximum atomic E-state index is 5.17. The first-order valence-corrected chi connectivity index (χ1v) is 6.80. The van der Waals surface area contributed by atoms with Crippen LogP contribution in [0, 0.1) is 6.42 Å². The summed E-state index contributed by atoms with van der Waals surface area (Å²) in [6.07, 6.45) is 3.18. The van der Waals surface area contributed by atoms with Gasteiger partial charge in [-0.3, -0.25) is 0 Å². The molecule has 1 radical (unpaired) electrons. The Kier molecular flexibility index (Phi) is 3.69. The highest BCUT2D eigenvalue weighted by Gasteiger charge is 1.99. The summed E-state index contributed by atoms with van der Waals surface area (Å²) in [7, 11) is 1.69. The first-order valence-electron chi connectivity index (χ1n) is 6.80. The zero-order valence-corrected chi connectivity index (χ0v) is 11.5. The molecule has 0 bridgehead atoms. The molecule has 0 aliphatic rings. The fourth-order valence-electron chi connectivity index (χ4n) is 2.34. The van der Waals surface area contributed by atoms with Crippen LogP contribution in [0.1, 0.15) is 11.1 Å². The van der Waals surface area contributed by atoms with Crippen molar-refractivity contribution in [2.45, 2.75) is 6.42 Å². The molecule has 0 saturated heterocycles. The van der Waals surface area contributed by atoms with E-state index in [1.54, 1.807) is 7.11 Å². The number of rotatable bonds is 4. The molecule has 1 nitrogen and oxygen atoms in total. The van der Waals surface area contributed by atoms with E-state index in [1.165, 1.54) is 21.9 Å². The van der Waals surface area contributed by atoms with Gasteiger partial charge in [-0.2, -0.15) is 0 Å². The summed E-state index contributed by atoms with van der Waals surface area (Å²) in [6.45, 7) is 0. The molecule has 0 unspecified atom stereocenters. The Morgan fingerprint density at radius 2 is 1.60 bits per heavy atom. The number of hydrogen-bond donors (Lipinski definition) is 0. The molecule has 0 aliphatic carbocycles. The van der Waals surface area contributed by atoms with Crippen molar-refractivity contribution >= 4 is 10.8 Å². The molecular weight excluding hydrogens is 244 g/mol. The second kappa shape index (κ2) is 5.79. The van der Waals surface area contributed by atoms with Gasteiger partial charge in [0.2, 0.25) is 0 Å². The summed E-state index contributed by atoms with van der Waals surface area (Å²) < 4.78 is 5.17. The van der Waals surface area contributed by atoms with Crippen LogP contribution < -0.4 is 4.74 Å². The topological polar surface area (TPSA) is 9.23 Å². The smallest absolute Gasteiger partial charge is 0.118 e. The van der Waals surface area contributed by atoms with Gasteiger partial charge in [0.15, 0.2) is 0 Å². The Bertz CT molecular complexity index is 698. The molecule has 0 aliphatic heterocycles. The monoisotopic (exact) mass is 261 g/mol. The summed E-state index contributed by atoms with van der Waals surface area (Å²) in [4.78, 5) is 0. The van der Waals surface area contributed by atoms with Crippen molar-refractivity contribution in [2.75, 3.05) is 7.11 Å². The lowest BCUT2D eigenvalue weighted by atomic mass is 10.0. The van der Waals surface area contributed by atoms with Crippen LogP contribution in [0.2, 0.25) is 0 Å². The Hall–Kier alpha value is -2.28. The number of benzene rings is 3. The summed E-state index contributed by atoms with van der Waals surface area (Å²) >= 11 is 0. The summed E-state index contributed by atoms with van der Waals surface area (Å²) in [6, 6.07) is 23.3. The van der Waals surface area contributed by atoms with E-state index in [2.05, 4.69) is 61.0 Å². The predicted octanol–water partition coefficient (Wildman–Crippen LogP) is 4.64. The second-order valence-corrected chi connectivity index (χ2v) is 4.86. The largest absolute Gasteiger partial charge is 0.497 e. The molecule has 99 valence electrons. The zero-order valence-electron chi connectivity index (χ0n) is 11.5. The molecule has 3 aromatic carbocycles. The first-order chi connectivity index (χ1) is 9.85. The van der Waals surface area contributed by atoms with Crippen LogP contribution in [0.3, 0.4) is 0 Å². The fourth-order valence-corrected chi connectivity index (χ4v) is 2.34. The van der Waals surface area contributed by atoms with Gasteiger partial charge in [0, 0.05) is 0 Å². The van der Waals surface area contributed by atoms with Gasteiger partial charge in [0.25, 0.3) is 0 Å². The third-order valence-corrected chi connectivity index (χ3v) is 3.50. The number of methoxy groups -OCH3 is 1. The van der Waals surface area contributed by atoms with Crippen molar-refractivity contribution in [3.05, 3.63) is 84.3 Å². The van der Waals surface area contributed by atoms with Crippen LogP contribution in [0.4, 0.5) is 0 Å². The van der Waals surface area contributed by atoms with E-state index in [9.17, 15) is 0 Å². The van der Waals surface area contributed by atoms with Crippen LogP contribution in [0.5, 0.6) is 5.75 Å². The predicted molar refractivity (Wildman–Crippen MR) is 84.0 cm³/mol. The molecule has 0 atom stereocenters. The highest BCUT2D eigenvalue weighted by atomic mass is 16.5. The van der Waals surface area contributed by atoms with Gasteiger partial charge in [-0.05, 0) is 46.9 Å². The van der Waals surface area contributed by atoms with Gasteiger partial charge in [0.05, 0.1) is 7.11 Å². The van der Waals surface area contributed by atoms with E-state index in [-0.39, 0.29) is 0 Å². The average molecular weight is 261 g/mol. The fraction of sp³-hybridized carbons (Fsp3) is 0.105. The van der Waals surface area contributed by atoms with Gasteiger partial charge < -0.3 is 4.74 Å². The molecule has 20 heavy (non-hydrogen) atoms. The van der Waals surface area contributed by atoms with Crippen molar-refractivity contribution in [3.63, 3.8) is 0 Å². The Balaban J connectivity index is 1.72. The number of fused-ring (bicyclic) bond motifs is 1. The van der Waals surface area contributed by atoms with E-state index >= 15 is 0 Å². The van der Waals surface area contributed by atoms with Crippen LogP contribution in [0.15, 0.2) is 66.7 Å². The minimum Gasteiger partial charge on any atom is -0.497 e. The number of ether oxygens (including phenoxy) is 1. The molecule has 0 heterocycles. The normalized spacial score (nSPS) is 10.7. The van der Waals surface area contributed by atoms with Crippen LogP contribution in [-0.4, -0.2) is 7.11 Å². The summed E-state index contributed by atoms with van der Waals surface area (Å²) in [5.74, 6) is 0.896. The second-order valence-electron chi connectivity index (χ2n) is 4.86. The minimum absolute atomic E-state index is 0.896. The standard InChI is InChI=1S/C19H17O/c1-20-19-12-9-15(10-13-19)6-7-16-8-11-17-4-2-3-5-18(17)14-16/h2-6,8-14H,7H2,1H3. The van der Waals surface area contributed by atoms with Crippen molar-refractivity contribution in [1.82, 2.24) is 0 Å². The molecular formula is C19H17O. The quantitative estimate of drug-likeness (QED) is 0.664. The van der Waals surface area contributed by atoms with Crippen LogP contribution in [0.25, 0.3) is 10.8 Å². The summed E-state index contributed by atoms with van der Waals surface area (Å²) in [5, 5.41) is 2.59. The Morgan fingerprint density at radius 1 is 0.850 bits per heavy atom. The maximum absolute atomic E-state index is 5.17. The SMILES string of the molecule is COc1ccc([CH]Cc2ccc3ccccc3c2)cc1. The van der Waals surface area contributed by atoms with Gasteiger partial charge >= 0.3 is 0 Å². The van der Waals surface area contributed by atoms with Gasteiger partial charge in [-0.1, -0.05) is 54.6 Å². The van der Waals surface area contributed by atoms with E-state index in [4.69, 9.17) is 4.74 Å². The molecule has 0 saturated carbocycles. The maximum Gasteiger partial charge on any atom is 0.118 e. The first kappa shape index (κ1) is 12.7. The summed E-state index contributed by atoms with van der Waals surface area (Å²) in [5.41, 5.74) is 2.55. The van der Waals surface area contributed by atoms with E-state index < -0.39 is 0 Å². The van der Waals surface area contributed by atoms with Crippen LogP contribution in [-0.2, 0) is 6.42 Å². The van der Waals surface area contributed by atoms with Crippen molar-refractivity contribution < 1.29 is 4.74 Å². The molecule has 0 fully saturated rings. The van der Waals surface area contributed by atoms with Gasteiger partial charge in [0.1, 0.15) is 5.75 Å². The molecule has 3 rings (SSSR count). The van der Waals surface area contributed by atoms with E-state index in [0.29, 0.717) is 0 Å². The molecule has 1 heteroatoms. The zero-order chi connectivity index (χ0) is 13.8. The molecule has 3 aromatic rings. The van der Waals surface area contributed by atoms with Gasteiger partial charge in [-0.25, -0.2) is 0 Å².